The highest BCUT2D eigenvalue weighted by Crippen LogP contribution is 2.28. The summed E-state index contributed by atoms with van der Waals surface area (Å²) in [6, 6.07) is 16.4. The van der Waals surface area contributed by atoms with E-state index < -0.39 is 0 Å². The highest BCUT2D eigenvalue weighted by Gasteiger charge is 2.06. The number of hydrogen-bond donors (Lipinski definition) is 2. The van der Waals surface area contributed by atoms with Gasteiger partial charge in [-0.2, -0.15) is 5.10 Å². The third-order valence-electron chi connectivity index (χ3n) is 5.02. The molecule has 0 radical (unpaired) electrons. The Morgan fingerprint density at radius 2 is 1.85 bits per heavy atom. The molecule has 33 heavy (non-hydrogen) atoms. The molecule has 0 saturated heterocycles. The predicted octanol–water partition coefficient (Wildman–Crippen LogP) is 4.25. The molecule has 0 aliphatic carbocycles. The van der Waals surface area contributed by atoms with Gasteiger partial charge in [-0.3, -0.25) is 9.67 Å². The Labute approximate surface area is 213 Å². The third kappa shape index (κ3) is 8.60. The number of hydrogen-bond acceptors (Lipinski definition) is 4. The Balaban J connectivity index is 0.00000385. The fourth-order valence-electron chi connectivity index (χ4n) is 3.41. The van der Waals surface area contributed by atoms with Crippen LogP contribution in [0.3, 0.4) is 0 Å². The number of rotatable bonds is 11. The van der Waals surface area contributed by atoms with Gasteiger partial charge in [-0.15, -0.1) is 24.0 Å². The molecule has 0 fully saturated rings. The van der Waals surface area contributed by atoms with Gasteiger partial charge in [0.25, 0.3) is 0 Å². The van der Waals surface area contributed by atoms with E-state index in [1.807, 2.05) is 42.1 Å². The van der Waals surface area contributed by atoms with E-state index in [4.69, 9.17) is 9.47 Å². The number of aromatic nitrogens is 2. The summed E-state index contributed by atoms with van der Waals surface area (Å²) >= 11 is 0. The molecule has 0 aliphatic rings. The maximum Gasteiger partial charge on any atom is 0.191 e. The van der Waals surface area contributed by atoms with Gasteiger partial charge in [0.15, 0.2) is 17.5 Å². The van der Waals surface area contributed by atoms with E-state index in [0.29, 0.717) is 13.2 Å². The Hall–Kier alpha value is -2.75. The van der Waals surface area contributed by atoms with Crippen LogP contribution in [0.25, 0.3) is 0 Å². The Bertz CT molecular complexity index is 991. The topological polar surface area (TPSA) is 72.7 Å². The van der Waals surface area contributed by atoms with Gasteiger partial charge in [-0.05, 0) is 43.0 Å². The summed E-state index contributed by atoms with van der Waals surface area (Å²) in [4.78, 5) is 4.31. The molecular formula is C25H34IN5O2. The molecule has 3 aromatic rings. The molecule has 2 N–H and O–H groups in total. The number of ether oxygens (including phenoxy) is 2. The molecule has 0 amide bonds. The monoisotopic (exact) mass is 563 g/mol. The van der Waals surface area contributed by atoms with E-state index >= 15 is 0 Å². The van der Waals surface area contributed by atoms with Gasteiger partial charge in [0.05, 0.1) is 26.5 Å². The molecule has 0 spiro atoms. The number of benzene rings is 2. The largest absolute Gasteiger partial charge is 0.493 e. The first-order valence-corrected chi connectivity index (χ1v) is 11.0. The SMILES string of the molecule is CCOc1cc(CCCNC(=NC)NCc2cnn(Cc3ccccc3)c2)ccc1OC.I. The van der Waals surface area contributed by atoms with Crippen LogP contribution in [0.15, 0.2) is 65.9 Å². The number of methoxy groups -OCH3 is 1. The summed E-state index contributed by atoms with van der Waals surface area (Å²) in [7, 11) is 3.44. The zero-order valence-electron chi connectivity index (χ0n) is 19.6. The highest BCUT2D eigenvalue weighted by atomic mass is 127. The lowest BCUT2D eigenvalue weighted by molar-refractivity contribution is 0.310. The van der Waals surface area contributed by atoms with Crippen LogP contribution in [0.4, 0.5) is 0 Å². The quantitative estimate of drug-likeness (QED) is 0.158. The number of nitrogens with zero attached hydrogens (tertiary/aromatic N) is 3. The van der Waals surface area contributed by atoms with Gasteiger partial charge < -0.3 is 20.1 Å². The fraction of sp³-hybridized carbons (Fsp3) is 0.360. The van der Waals surface area contributed by atoms with Crippen LogP contribution in [0.5, 0.6) is 11.5 Å². The first-order valence-electron chi connectivity index (χ1n) is 11.0. The van der Waals surface area contributed by atoms with Gasteiger partial charge >= 0.3 is 0 Å². The highest BCUT2D eigenvalue weighted by molar-refractivity contribution is 14.0. The summed E-state index contributed by atoms with van der Waals surface area (Å²) in [5.41, 5.74) is 3.58. The van der Waals surface area contributed by atoms with Crippen LogP contribution in [-0.4, -0.2) is 43.0 Å². The second-order valence-corrected chi connectivity index (χ2v) is 7.41. The molecule has 0 unspecified atom stereocenters. The summed E-state index contributed by atoms with van der Waals surface area (Å²) in [6.07, 6.45) is 5.88. The average Bonchev–Trinajstić information content (AvgIpc) is 3.27. The van der Waals surface area contributed by atoms with Crippen LogP contribution in [0.1, 0.15) is 30.0 Å². The van der Waals surface area contributed by atoms with E-state index in [0.717, 1.165) is 49.0 Å². The lowest BCUT2D eigenvalue weighted by Gasteiger charge is -2.12. The fourth-order valence-corrected chi connectivity index (χ4v) is 3.41. The molecule has 3 rings (SSSR count). The lowest BCUT2D eigenvalue weighted by atomic mass is 10.1. The molecule has 1 heterocycles. The molecule has 7 nitrogen and oxygen atoms in total. The second-order valence-electron chi connectivity index (χ2n) is 7.41. The minimum Gasteiger partial charge on any atom is -0.493 e. The summed E-state index contributed by atoms with van der Waals surface area (Å²) in [5, 5.41) is 11.2. The van der Waals surface area contributed by atoms with Crippen LogP contribution in [0, 0.1) is 0 Å². The molecule has 0 saturated carbocycles. The molecule has 178 valence electrons. The third-order valence-corrected chi connectivity index (χ3v) is 5.02. The van der Waals surface area contributed by atoms with E-state index in [1.165, 1.54) is 11.1 Å². The second kappa shape index (κ2) is 14.4. The average molecular weight is 563 g/mol. The smallest absolute Gasteiger partial charge is 0.191 e. The maximum atomic E-state index is 5.66. The number of aliphatic imine (C=N–C) groups is 1. The summed E-state index contributed by atoms with van der Waals surface area (Å²) in [6.45, 7) is 4.86. The van der Waals surface area contributed by atoms with E-state index in [9.17, 15) is 0 Å². The number of halogens is 1. The Morgan fingerprint density at radius 1 is 1.03 bits per heavy atom. The molecule has 1 aromatic heterocycles. The molecule has 0 bridgehead atoms. The van der Waals surface area contributed by atoms with Crippen molar-refractivity contribution in [3.05, 3.63) is 77.6 Å². The van der Waals surface area contributed by atoms with E-state index in [1.54, 1.807) is 14.2 Å². The van der Waals surface area contributed by atoms with Gasteiger partial charge in [-0.25, -0.2) is 0 Å². The van der Waals surface area contributed by atoms with Crippen LogP contribution in [-0.2, 0) is 19.5 Å². The van der Waals surface area contributed by atoms with Crippen LogP contribution in [0.2, 0.25) is 0 Å². The summed E-state index contributed by atoms with van der Waals surface area (Å²) in [5.74, 6) is 2.35. The van der Waals surface area contributed by atoms with Crippen molar-refractivity contribution in [1.29, 1.82) is 0 Å². The minimum atomic E-state index is 0. The number of guanidine groups is 1. The summed E-state index contributed by atoms with van der Waals surface area (Å²) < 4.78 is 13.0. The minimum absolute atomic E-state index is 0. The van der Waals surface area contributed by atoms with Gasteiger partial charge in [0.2, 0.25) is 0 Å². The van der Waals surface area contributed by atoms with E-state index in [-0.39, 0.29) is 24.0 Å². The normalized spacial score (nSPS) is 10.9. The Morgan fingerprint density at radius 3 is 2.58 bits per heavy atom. The maximum absolute atomic E-state index is 5.66. The van der Waals surface area contributed by atoms with Crippen molar-refractivity contribution in [1.82, 2.24) is 20.4 Å². The van der Waals surface area contributed by atoms with Crippen molar-refractivity contribution in [2.45, 2.75) is 32.9 Å². The first-order chi connectivity index (χ1) is 15.7. The molecule has 8 heteroatoms. The van der Waals surface area contributed by atoms with Crippen LogP contribution < -0.4 is 20.1 Å². The van der Waals surface area contributed by atoms with Crippen molar-refractivity contribution in [2.24, 2.45) is 4.99 Å². The van der Waals surface area contributed by atoms with Gasteiger partial charge in [0.1, 0.15) is 0 Å². The standard InChI is InChI=1S/C25H33N5O2.HI/c1-4-32-24-15-20(12-13-23(24)31-3)11-8-14-27-25(26-2)28-16-22-17-29-30(19-22)18-21-9-6-5-7-10-21;/h5-7,9-10,12-13,15,17,19H,4,8,11,14,16,18H2,1-3H3,(H2,26,27,28);1H. The molecule has 0 aliphatic heterocycles. The van der Waals surface area contributed by atoms with E-state index in [2.05, 4.69) is 51.2 Å². The molecule has 0 atom stereocenters. The Kier molecular flexibility index (Phi) is 11.6. The molecular weight excluding hydrogens is 529 g/mol. The van der Waals surface area contributed by atoms with Crippen molar-refractivity contribution in [2.75, 3.05) is 27.3 Å². The predicted molar refractivity (Wildman–Crippen MR) is 144 cm³/mol. The zero-order valence-corrected chi connectivity index (χ0v) is 21.9. The zero-order chi connectivity index (χ0) is 22.6. The van der Waals surface area contributed by atoms with Gasteiger partial charge in [-0.1, -0.05) is 36.4 Å². The van der Waals surface area contributed by atoms with Crippen molar-refractivity contribution >= 4 is 29.9 Å². The number of aryl methyl sites for hydroxylation is 1. The molecule has 2 aromatic carbocycles. The van der Waals surface area contributed by atoms with Crippen molar-refractivity contribution in [3.63, 3.8) is 0 Å². The number of nitrogens with one attached hydrogen (secondary N) is 2. The van der Waals surface area contributed by atoms with Crippen LogP contribution >= 0.6 is 24.0 Å². The van der Waals surface area contributed by atoms with Gasteiger partial charge in [0, 0.05) is 31.9 Å². The first kappa shape index (κ1) is 26.5. The lowest BCUT2D eigenvalue weighted by Crippen LogP contribution is -2.37. The van der Waals surface area contributed by atoms with Crippen molar-refractivity contribution in [3.8, 4) is 11.5 Å². The van der Waals surface area contributed by atoms with Crippen molar-refractivity contribution < 1.29 is 9.47 Å².